The zero-order chi connectivity index (χ0) is 14.2. The maximum Gasteiger partial charge on any atom is 0.166 e. The van der Waals surface area contributed by atoms with Crippen LogP contribution in [0.4, 0.5) is 5.69 Å². The SMILES string of the molecule is CN1CCn2c(-c3ccccc3)nnc2-c2ccccc21. The summed E-state index contributed by atoms with van der Waals surface area (Å²) in [5.74, 6) is 1.89. The molecule has 0 radical (unpaired) electrons. The predicted molar refractivity (Wildman–Crippen MR) is 84.2 cm³/mol. The number of nitrogens with zero attached hydrogens (tertiary/aromatic N) is 4. The molecule has 2 aromatic carbocycles. The van der Waals surface area contributed by atoms with Crippen LogP contribution in [0.1, 0.15) is 0 Å². The van der Waals surface area contributed by atoms with Crippen LogP contribution < -0.4 is 4.90 Å². The van der Waals surface area contributed by atoms with Gasteiger partial charge in [-0.15, -0.1) is 10.2 Å². The van der Waals surface area contributed by atoms with Crippen molar-refractivity contribution >= 4 is 5.69 Å². The molecule has 0 amide bonds. The fourth-order valence-corrected chi connectivity index (χ4v) is 2.88. The number of para-hydroxylation sites is 1. The molecular formula is C17H16N4. The van der Waals surface area contributed by atoms with Crippen molar-refractivity contribution < 1.29 is 0 Å². The van der Waals surface area contributed by atoms with E-state index in [4.69, 9.17) is 0 Å². The maximum atomic E-state index is 4.46. The smallest absolute Gasteiger partial charge is 0.166 e. The average Bonchev–Trinajstić information content (AvgIpc) is 2.91. The van der Waals surface area contributed by atoms with Crippen molar-refractivity contribution in [1.29, 1.82) is 0 Å². The van der Waals surface area contributed by atoms with E-state index in [0.717, 1.165) is 35.9 Å². The van der Waals surface area contributed by atoms with Gasteiger partial charge in [-0.2, -0.15) is 0 Å². The third-order valence-electron chi connectivity index (χ3n) is 4.00. The third-order valence-corrected chi connectivity index (χ3v) is 4.00. The molecule has 0 bridgehead atoms. The monoisotopic (exact) mass is 276 g/mol. The van der Waals surface area contributed by atoms with Gasteiger partial charge in [0.1, 0.15) is 0 Å². The molecule has 4 heteroatoms. The van der Waals surface area contributed by atoms with Gasteiger partial charge in [-0.1, -0.05) is 42.5 Å². The van der Waals surface area contributed by atoms with E-state index < -0.39 is 0 Å². The number of hydrogen-bond donors (Lipinski definition) is 0. The van der Waals surface area contributed by atoms with Crippen molar-refractivity contribution in [3.05, 3.63) is 54.6 Å². The largest absolute Gasteiger partial charge is 0.372 e. The molecule has 0 spiro atoms. The van der Waals surface area contributed by atoms with Crippen LogP contribution >= 0.6 is 0 Å². The van der Waals surface area contributed by atoms with E-state index in [0.29, 0.717) is 0 Å². The molecule has 0 N–H and O–H groups in total. The molecule has 0 atom stereocenters. The highest BCUT2D eigenvalue weighted by atomic mass is 15.3. The van der Waals surface area contributed by atoms with Gasteiger partial charge >= 0.3 is 0 Å². The first kappa shape index (κ1) is 12.1. The Hall–Kier alpha value is -2.62. The van der Waals surface area contributed by atoms with Crippen LogP contribution in [0.5, 0.6) is 0 Å². The lowest BCUT2D eigenvalue weighted by Crippen LogP contribution is -2.20. The van der Waals surface area contributed by atoms with Crippen molar-refractivity contribution in [3.63, 3.8) is 0 Å². The Balaban J connectivity index is 1.92. The first-order valence-corrected chi connectivity index (χ1v) is 7.14. The average molecular weight is 276 g/mol. The van der Waals surface area contributed by atoms with Gasteiger partial charge in [0, 0.05) is 37.0 Å². The Morgan fingerprint density at radius 3 is 2.38 bits per heavy atom. The zero-order valence-corrected chi connectivity index (χ0v) is 11.9. The third kappa shape index (κ3) is 1.91. The molecule has 0 saturated carbocycles. The van der Waals surface area contributed by atoms with Gasteiger partial charge in [-0.05, 0) is 12.1 Å². The number of anilines is 1. The first-order chi connectivity index (χ1) is 10.3. The van der Waals surface area contributed by atoms with Gasteiger partial charge in [0.2, 0.25) is 0 Å². The Bertz CT molecular complexity index is 776. The number of fused-ring (bicyclic) bond motifs is 3. The summed E-state index contributed by atoms with van der Waals surface area (Å²) in [6.07, 6.45) is 0. The number of benzene rings is 2. The van der Waals surface area contributed by atoms with Gasteiger partial charge in [0.25, 0.3) is 0 Å². The fourth-order valence-electron chi connectivity index (χ4n) is 2.88. The molecule has 21 heavy (non-hydrogen) atoms. The molecular weight excluding hydrogens is 260 g/mol. The maximum absolute atomic E-state index is 4.46. The summed E-state index contributed by atoms with van der Waals surface area (Å²) in [5, 5.41) is 8.88. The summed E-state index contributed by atoms with van der Waals surface area (Å²) in [4.78, 5) is 2.28. The predicted octanol–water partition coefficient (Wildman–Crippen LogP) is 3.06. The van der Waals surface area contributed by atoms with Crippen molar-refractivity contribution in [2.45, 2.75) is 6.54 Å². The minimum atomic E-state index is 0.887. The summed E-state index contributed by atoms with van der Waals surface area (Å²) < 4.78 is 2.22. The summed E-state index contributed by atoms with van der Waals surface area (Å²) in [6.45, 7) is 1.83. The quantitative estimate of drug-likeness (QED) is 0.685. The number of aromatic nitrogens is 3. The van der Waals surface area contributed by atoms with Gasteiger partial charge < -0.3 is 9.47 Å². The molecule has 2 heterocycles. The Morgan fingerprint density at radius 1 is 0.810 bits per heavy atom. The minimum Gasteiger partial charge on any atom is -0.372 e. The minimum absolute atomic E-state index is 0.887. The Kier molecular flexibility index (Phi) is 2.74. The molecule has 1 aromatic heterocycles. The second kappa shape index (κ2) is 4.74. The van der Waals surface area contributed by atoms with E-state index in [1.54, 1.807) is 0 Å². The van der Waals surface area contributed by atoms with E-state index in [9.17, 15) is 0 Å². The fraction of sp³-hybridized carbons (Fsp3) is 0.176. The topological polar surface area (TPSA) is 34.0 Å². The summed E-state index contributed by atoms with van der Waals surface area (Å²) in [5.41, 5.74) is 3.47. The number of rotatable bonds is 1. The van der Waals surface area contributed by atoms with Gasteiger partial charge in [0.05, 0.1) is 0 Å². The van der Waals surface area contributed by atoms with Crippen LogP contribution in [0.2, 0.25) is 0 Å². The molecule has 3 aromatic rings. The van der Waals surface area contributed by atoms with E-state index >= 15 is 0 Å². The van der Waals surface area contributed by atoms with E-state index in [2.05, 4.69) is 63.1 Å². The van der Waals surface area contributed by atoms with Crippen LogP contribution in [0.3, 0.4) is 0 Å². The van der Waals surface area contributed by atoms with Crippen molar-refractivity contribution in [1.82, 2.24) is 14.8 Å². The van der Waals surface area contributed by atoms with Gasteiger partial charge in [-0.3, -0.25) is 0 Å². The summed E-state index contributed by atoms with van der Waals surface area (Å²) in [6, 6.07) is 18.6. The lowest BCUT2D eigenvalue weighted by atomic mass is 10.1. The number of hydrogen-bond acceptors (Lipinski definition) is 3. The number of likely N-dealkylation sites (N-methyl/N-ethyl adjacent to an activating group) is 1. The molecule has 0 unspecified atom stereocenters. The van der Waals surface area contributed by atoms with Gasteiger partial charge in [-0.25, -0.2) is 0 Å². The molecule has 104 valence electrons. The van der Waals surface area contributed by atoms with Crippen LogP contribution in [0, 0.1) is 0 Å². The van der Waals surface area contributed by atoms with Crippen LogP contribution in [-0.4, -0.2) is 28.4 Å². The molecule has 4 nitrogen and oxygen atoms in total. The molecule has 4 rings (SSSR count). The van der Waals surface area contributed by atoms with Crippen LogP contribution in [0.25, 0.3) is 22.8 Å². The van der Waals surface area contributed by atoms with E-state index in [1.165, 1.54) is 5.69 Å². The standard InChI is InChI=1S/C17H16N4/c1-20-11-12-21-16(13-7-3-2-4-8-13)18-19-17(21)14-9-5-6-10-15(14)20/h2-10H,11-12H2,1H3. The lowest BCUT2D eigenvalue weighted by Gasteiger charge is -2.18. The normalized spacial score (nSPS) is 13.5. The highest BCUT2D eigenvalue weighted by Crippen LogP contribution is 2.33. The second-order valence-corrected chi connectivity index (χ2v) is 5.30. The molecule has 1 aliphatic heterocycles. The summed E-state index contributed by atoms with van der Waals surface area (Å²) in [7, 11) is 2.13. The highest BCUT2D eigenvalue weighted by molar-refractivity contribution is 5.76. The van der Waals surface area contributed by atoms with Crippen molar-refractivity contribution in [2.75, 3.05) is 18.5 Å². The Labute approximate surface area is 123 Å². The Morgan fingerprint density at radius 2 is 1.52 bits per heavy atom. The van der Waals surface area contributed by atoms with Gasteiger partial charge in [0.15, 0.2) is 11.6 Å². The first-order valence-electron chi connectivity index (χ1n) is 7.14. The highest BCUT2D eigenvalue weighted by Gasteiger charge is 2.22. The van der Waals surface area contributed by atoms with Crippen LogP contribution in [-0.2, 0) is 6.54 Å². The zero-order valence-electron chi connectivity index (χ0n) is 11.9. The molecule has 0 saturated heterocycles. The summed E-state index contributed by atoms with van der Waals surface area (Å²) >= 11 is 0. The van der Waals surface area contributed by atoms with E-state index in [-0.39, 0.29) is 0 Å². The molecule has 0 fully saturated rings. The molecule has 0 aliphatic carbocycles. The lowest BCUT2D eigenvalue weighted by molar-refractivity contribution is 0.706. The second-order valence-electron chi connectivity index (χ2n) is 5.30. The van der Waals surface area contributed by atoms with E-state index in [1.807, 2.05) is 18.2 Å². The molecule has 1 aliphatic rings. The van der Waals surface area contributed by atoms with Crippen molar-refractivity contribution in [2.24, 2.45) is 0 Å². The van der Waals surface area contributed by atoms with Crippen LogP contribution in [0.15, 0.2) is 54.6 Å². The van der Waals surface area contributed by atoms with Crippen molar-refractivity contribution in [3.8, 4) is 22.8 Å².